The zero-order valence-corrected chi connectivity index (χ0v) is 62.5. The number of H-pyrrole nitrogens is 1. The Morgan fingerprint density at radius 2 is 0.713 bits per heavy atom. The van der Waals surface area contributed by atoms with E-state index in [1.165, 1.54) is 90.7 Å². The van der Waals surface area contributed by atoms with Gasteiger partial charge in [0.25, 0.3) is 0 Å². The maximum absolute atomic E-state index is 4.53. The van der Waals surface area contributed by atoms with E-state index in [-0.39, 0.29) is 0 Å². The van der Waals surface area contributed by atoms with Crippen molar-refractivity contribution in [2.24, 2.45) is 0 Å². The van der Waals surface area contributed by atoms with E-state index >= 15 is 0 Å². The van der Waals surface area contributed by atoms with Crippen LogP contribution in [0.25, 0.3) is 21.5 Å². The molecule has 478 valence electrons. The summed E-state index contributed by atoms with van der Waals surface area (Å²) in [5, 5.41) is 15.0. The molecule has 9 rings (SSSR count). The van der Waals surface area contributed by atoms with E-state index in [2.05, 4.69) is 307 Å². The normalized spacial score (nSPS) is 11.5. The molecule has 0 amide bonds. The Labute approximate surface area is 546 Å². The molecule has 0 aliphatic rings. The second kappa shape index (κ2) is 37.3. The fraction of sp³-hybridized carbons (Fsp3) is 0.545. The number of hydrogen-bond donors (Lipinski definition) is 1. The number of nitrogens with one attached hydrogen (secondary N) is 1. The fourth-order valence-electron chi connectivity index (χ4n) is 8.82. The van der Waals surface area contributed by atoms with Crippen LogP contribution < -0.4 is 0 Å². The number of fused-ring (bicyclic) bond motifs is 2. The number of nitrogens with zero attached hydrogens (tertiary/aromatic N) is 5. The first kappa shape index (κ1) is 76.4. The van der Waals surface area contributed by atoms with E-state index in [1.54, 1.807) is 22.7 Å². The lowest BCUT2D eigenvalue weighted by molar-refractivity contribution is 0.771. The van der Waals surface area contributed by atoms with Crippen LogP contribution in [0.2, 0.25) is 0 Å². The fourth-order valence-corrected chi connectivity index (χ4v) is 12.7. The Kier molecular flexibility index (Phi) is 32.8. The molecule has 0 aliphatic carbocycles. The van der Waals surface area contributed by atoms with Gasteiger partial charge in [-0.25, -0.2) is 24.9 Å². The van der Waals surface area contributed by atoms with Gasteiger partial charge in [0.05, 0.1) is 31.4 Å². The number of imidazole rings is 1. The lowest BCUT2D eigenvalue weighted by Crippen LogP contribution is -1.93. The van der Waals surface area contributed by atoms with Gasteiger partial charge in [0.15, 0.2) is 0 Å². The summed E-state index contributed by atoms with van der Waals surface area (Å²) in [5.74, 6) is 9.21. The van der Waals surface area contributed by atoms with Crippen LogP contribution in [-0.2, 0) is 0 Å². The minimum absolute atomic E-state index is 0.502. The van der Waals surface area contributed by atoms with Gasteiger partial charge < -0.3 is 4.98 Å². The highest BCUT2D eigenvalue weighted by molar-refractivity contribution is 7.12. The van der Waals surface area contributed by atoms with Gasteiger partial charge in [-0.15, -0.1) is 45.3 Å². The van der Waals surface area contributed by atoms with Crippen LogP contribution in [-0.4, -0.2) is 29.9 Å². The average Bonchev–Trinajstić information content (AvgIpc) is 2.18. The topological polar surface area (TPSA) is 80.2 Å². The third-order valence-corrected chi connectivity index (χ3v) is 20.2. The summed E-state index contributed by atoms with van der Waals surface area (Å²) in [6, 6.07) is 26.8. The second-order valence-corrected chi connectivity index (χ2v) is 31.4. The van der Waals surface area contributed by atoms with Crippen molar-refractivity contribution in [3.63, 3.8) is 0 Å². The molecule has 0 bridgehead atoms. The summed E-state index contributed by atoms with van der Waals surface area (Å²) in [6.07, 6.45) is 5.94. The zero-order valence-electron chi connectivity index (χ0n) is 59.3. The average molecular weight is 1250 g/mol. The maximum Gasteiger partial charge on any atom is 0.108 e. The molecule has 6 nitrogen and oxygen atoms in total. The van der Waals surface area contributed by atoms with Gasteiger partial charge in [-0.1, -0.05) is 267 Å². The molecule has 87 heavy (non-hydrogen) atoms. The summed E-state index contributed by atoms with van der Waals surface area (Å²) in [4.78, 5) is 28.1. The van der Waals surface area contributed by atoms with Crippen molar-refractivity contribution in [3.8, 4) is 0 Å². The summed E-state index contributed by atoms with van der Waals surface area (Å²) in [7, 11) is 0. The number of aromatic nitrogens is 6. The molecule has 0 saturated heterocycles. The summed E-state index contributed by atoms with van der Waals surface area (Å²) < 4.78 is 0. The van der Waals surface area contributed by atoms with Crippen LogP contribution in [0.3, 0.4) is 0 Å². The number of hydrogen-bond acceptors (Lipinski definition) is 9. The number of rotatable bonds is 14. The molecule has 10 heteroatoms. The van der Waals surface area contributed by atoms with Crippen molar-refractivity contribution < 1.29 is 0 Å². The van der Waals surface area contributed by atoms with Crippen LogP contribution in [0.15, 0.2) is 102 Å². The molecule has 0 aliphatic heterocycles. The highest BCUT2D eigenvalue weighted by Crippen LogP contribution is 2.33. The highest BCUT2D eigenvalue weighted by atomic mass is 32.1. The molecule has 0 unspecified atom stereocenters. The van der Waals surface area contributed by atoms with Crippen LogP contribution in [0.1, 0.15) is 352 Å². The first-order valence-corrected chi connectivity index (χ1v) is 36.0. The smallest absolute Gasteiger partial charge is 0.108 e. The molecule has 1 N–H and O–H groups in total. The quantitative estimate of drug-likeness (QED) is 0.117. The molecular weight excluding hydrogens is 1140 g/mol. The van der Waals surface area contributed by atoms with Gasteiger partial charge >= 0.3 is 0 Å². The summed E-state index contributed by atoms with van der Waals surface area (Å²) in [5.41, 5.74) is 9.49. The summed E-state index contributed by atoms with van der Waals surface area (Å²) >= 11 is 7.23. The van der Waals surface area contributed by atoms with E-state index in [4.69, 9.17) is 0 Å². The van der Waals surface area contributed by atoms with Crippen molar-refractivity contribution in [1.82, 2.24) is 29.9 Å². The molecule has 0 radical (unpaired) electrons. The van der Waals surface area contributed by atoms with Crippen molar-refractivity contribution >= 4 is 66.9 Å². The predicted octanol–water partition coefficient (Wildman–Crippen LogP) is 26.4. The van der Waals surface area contributed by atoms with Gasteiger partial charge in [0, 0.05) is 74.4 Å². The van der Waals surface area contributed by atoms with Crippen molar-refractivity contribution in [2.45, 2.75) is 277 Å². The standard InChI is InChI=1S/2C16H20.C9H16N2.4C9H15NS/c1-11(2)13-7-5-10-16-14(12(3)4)8-6-9-15(13)16;1-11(2)13-8-9-16-14(10-13)6-5-7-15(16)12(3)4;1-6(2)8-5-10-9(11-8)7(3)4;2*1-6(2)8-5-11-9(10-8)7(3)4;2*1-6(2)8-5-10-9(11-8)7(3)4/h2*5-12H,1-4H3;5-7H,1-4H3,(H,10,11);4*5-7H,1-4H3. The minimum Gasteiger partial charge on any atom is -0.345 e. The lowest BCUT2D eigenvalue weighted by atomic mass is 9.90. The van der Waals surface area contributed by atoms with Crippen LogP contribution in [0, 0.1) is 0 Å². The Morgan fingerprint density at radius 3 is 0.977 bits per heavy atom. The van der Waals surface area contributed by atoms with Crippen LogP contribution in [0.4, 0.5) is 0 Å². The van der Waals surface area contributed by atoms with Gasteiger partial charge in [-0.3, -0.25) is 0 Å². The monoisotopic (exact) mass is 1250 g/mol. The van der Waals surface area contributed by atoms with E-state index in [0.29, 0.717) is 82.9 Å². The SMILES string of the molecule is CC(C)c1ccc2c(C(C)C)cccc2c1.CC(C)c1cccc2c(C(C)C)cccc12.CC(C)c1cnc(C(C)C)[nH]1.CC(C)c1cnc(C(C)C)s1.CC(C)c1cnc(C(C)C)s1.CC(C)c1csc(C(C)C)n1.CC(C)c1csc(C(C)C)n1. The van der Waals surface area contributed by atoms with Crippen LogP contribution >= 0.6 is 45.3 Å². The van der Waals surface area contributed by atoms with Gasteiger partial charge in [0.1, 0.15) is 5.82 Å². The number of thiazole rings is 4. The first-order valence-electron chi connectivity index (χ1n) is 32.7. The Balaban J connectivity index is 0.000000268. The molecule has 0 spiro atoms. The Bertz CT molecular complexity index is 2880. The predicted molar refractivity (Wildman–Crippen MR) is 392 cm³/mol. The highest BCUT2D eigenvalue weighted by Gasteiger charge is 2.14. The van der Waals surface area contributed by atoms with Crippen molar-refractivity contribution in [3.05, 3.63) is 177 Å². The summed E-state index contributed by atoms with van der Waals surface area (Å²) in [6.45, 7) is 61.7. The molecule has 0 saturated carbocycles. The van der Waals surface area contributed by atoms with Crippen molar-refractivity contribution in [2.75, 3.05) is 0 Å². The molecular formula is C77H116N6S4. The minimum atomic E-state index is 0.502. The van der Waals surface area contributed by atoms with Crippen molar-refractivity contribution in [1.29, 1.82) is 0 Å². The van der Waals surface area contributed by atoms with Gasteiger partial charge in [0.2, 0.25) is 0 Å². The van der Waals surface area contributed by atoms with Gasteiger partial charge in [-0.05, 0) is 97.1 Å². The van der Waals surface area contributed by atoms with E-state index in [1.807, 2.05) is 41.3 Å². The lowest BCUT2D eigenvalue weighted by Gasteiger charge is -2.14. The second-order valence-electron chi connectivity index (χ2n) is 27.4. The number of benzene rings is 4. The van der Waals surface area contributed by atoms with E-state index in [9.17, 15) is 0 Å². The molecule has 4 aromatic carbocycles. The van der Waals surface area contributed by atoms with Gasteiger partial charge in [-0.2, -0.15) is 0 Å². The first-order chi connectivity index (χ1) is 40.7. The van der Waals surface area contributed by atoms with E-state index < -0.39 is 0 Å². The number of aromatic amines is 1. The zero-order chi connectivity index (χ0) is 65.6. The largest absolute Gasteiger partial charge is 0.345 e. The molecule has 0 atom stereocenters. The molecule has 5 heterocycles. The molecule has 5 aromatic heterocycles. The Morgan fingerprint density at radius 1 is 0.322 bits per heavy atom. The molecule has 9 aromatic rings. The third-order valence-electron chi connectivity index (χ3n) is 14.7. The maximum atomic E-state index is 4.53. The third kappa shape index (κ3) is 24.8. The Hall–Kier alpha value is -4.87. The van der Waals surface area contributed by atoms with Crippen LogP contribution in [0.5, 0.6) is 0 Å². The molecule has 0 fully saturated rings. The van der Waals surface area contributed by atoms with E-state index in [0.717, 1.165) is 5.82 Å².